The molecule has 0 aliphatic heterocycles. The number of methoxy groups -OCH3 is 1. The summed E-state index contributed by atoms with van der Waals surface area (Å²) < 4.78 is 4.86. The van der Waals surface area contributed by atoms with Crippen LogP contribution in [-0.2, 0) is 0 Å². The average molecular weight is 232 g/mol. The maximum Gasteiger partial charge on any atom is 0.119 e. The highest BCUT2D eigenvalue weighted by molar-refractivity contribution is 5.29. The Balaban J connectivity index is 0.000000171. The van der Waals surface area contributed by atoms with E-state index in [2.05, 4.69) is 0 Å². The van der Waals surface area contributed by atoms with Crippen molar-refractivity contribution >= 4 is 0 Å². The minimum atomic E-state index is 0.260. The van der Waals surface area contributed by atoms with Gasteiger partial charge in [0.05, 0.1) is 7.11 Å². The van der Waals surface area contributed by atoms with Crippen molar-refractivity contribution in [3.63, 3.8) is 0 Å². The van der Waals surface area contributed by atoms with Crippen molar-refractivity contribution in [2.45, 2.75) is 6.92 Å². The molecule has 2 aromatic rings. The standard InChI is InChI=1S/C7H8O2.C7H8O/c1-9-7-4-2-6(8)3-5-7;1-6-2-4-7(8)5-3-6/h2-5,8H,1H3;2-5,8H,1H3. The van der Waals surface area contributed by atoms with E-state index < -0.39 is 0 Å². The molecule has 0 amide bonds. The third kappa shape index (κ3) is 4.93. The first-order valence-electron chi connectivity index (χ1n) is 5.20. The zero-order valence-electron chi connectivity index (χ0n) is 9.92. The summed E-state index contributed by atoms with van der Waals surface area (Å²) in [5.41, 5.74) is 1.17. The van der Waals surface area contributed by atoms with Gasteiger partial charge < -0.3 is 14.9 Å². The molecule has 0 saturated heterocycles. The molecule has 3 heteroatoms. The molecule has 2 rings (SSSR count). The fourth-order valence-electron chi connectivity index (χ4n) is 1.13. The van der Waals surface area contributed by atoms with Crippen molar-refractivity contribution in [3.8, 4) is 17.2 Å². The maximum absolute atomic E-state index is 8.80. The summed E-state index contributed by atoms with van der Waals surface area (Å²) in [5.74, 6) is 1.35. The lowest BCUT2D eigenvalue weighted by Crippen LogP contribution is -1.79. The second kappa shape index (κ2) is 6.43. The zero-order chi connectivity index (χ0) is 12.7. The number of benzene rings is 2. The number of ether oxygens (including phenoxy) is 1. The molecule has 2 N–H and O–H groups in total. The number of rotatable bonds is 1. The molecule has 0 radical (unpaired) electrons. The second-order valence-electron chi connectivity index (χ2n) is 3.53. The first-order valence-corrected chi connectivity index (χ1v) is 5.20. The van der Waals surface area contributed by atoms with E-state index in [1.807, 2.05) is 19.1 Å². The molecule has 0 unspecified atom stereocenters. The molecule has 0 saturated carbocycles. The van der Waals surface area contributed by atoms with Gasteiger partial charge in [0.2, 0.25) is 0 Å². The normalized spacial score (nSPS) is 9.06. The van der Waals surface area contributed by atoms with Crippen LogP contribution in [0.2, 0.25) is 0 Å². The summed E-state index contributed by atoms with van der Waals surface area (Å²) in [7, 11) is 1.59. The highest BCUT2D eigenvalue weighted by Gasteiger charge is 1.87. The molecule has 17 heavy (non-hydrogen) atoms. The maximum atomic E-state index is 8.80. The van der Waals surface area contributed by atoms with Crippen molar-refractivity contribution in [3.05, 3.63) is 54.1 Å². The topological polar surface area (TPSA) is 49.7 Å². The van der Waals surface area contributed by atoms with Crippen molar-refractivity contribution in [1.82, 2.24) is 0 Å². The van der Waals surface area contributed by atoms with Crippen molar-refractivity contribution in [1.29, 1.82) is 0 Å². The second-order valence-corrected chi connectivity index (χ2v) is 3.53. The van der Waals surface area contributed by atoms with Crippen LogP contribution >= 0.6 is 0 Å². The third-order valence-corrected chi connectivity index (χ3v) is 2.11. The van der Waals surface area contributed by atoms with E-state index in [1.165, 1.54) is 5.56 Å². The van der Waals surface area contributed by atoms with Gasteiger partial charge in [-0.25, -0.2) is 0 Å². The van der Waals surface area contributed by atoms with Crippen molar-refractivity contribution in [2.24, 2.45) is 0 Å². The molecule has 0 heterocycles. The number of aromatic hydroxyl groups is 2. The van der Waals surface area contributed by atoms with Gasteiger partial charge in [0.25, 0.3) is 0 Å². The smallest absolute Gasteiger partial charge is 0.119 e. The van der Waals surface area contributed by atoms with Gasteiger partial charge in [-0.05, 0) is 43.3 Å². The van der Waals surface area contributed by atoms with Gasteiger partial charge in [-0.2, -0.15) is 0 Å². The van der Waals surface area contributed by atoms with E-state index in [0.29, 0.717) is 5.75 Å². The molecular formula is C14H16O3. The molecule has 0 atom stereocenters. The Kier molecular flexibility index (Phi) is 4.88. The average Bonchev–Trinajstić information content (AvgIpc) is 2.35. The van der Waals surface area contributed by atoms with E-state index in [0.717, 1.165) is 5.75 Å². The lowest BCUT2D eigenvalue weighted by Gasteiger charge is -1.96. The summed E-state index contributed by atoms with van der Waals surface area (Å²) in [4.78, 5) is 0. The minimum Gasteiger partial charge on any atom is -0.508 e. The molecule has 0 spiro atoms. The Hall–Kier alpha value is -2.16. The number of phenols is 2. The van der Waals surface area contributed by atoms with Crippen LogP contribution in [0.3, 0.4) is 0 Å². The Labute approximate surface area is 101 Å². The van der Waals surface area contributed by atoms with Gasteiger partial charge in [-0.3, -0.25) is 0 Å². The van der Waals surface area contributed by atoms with Gasteiger partial charge in [0.15, 0.2) is 0 Å². The fraction of sp³-hybridized carbons (Fsp3) is 0.143. The van der Waals surface area contributed by atoms with E-state index in [-0.39, 0.29) is 5.75 Å². The monoisotopic (exact) mass is 232 g/mol. The van der Waals surface area contributed by atoms with Gasteiger partial charge >= 0.3 is 0 Å². The summed E-state index contributed by atoms with van der Waals surface area (Å²) in [5, 5.41) is 17.6. The highest BCUT2D eigenvalue weighted by atomic mass is 16.5. The molecule has 0 aromatic heterocycles. The minimum absolute atomic E-state index is 0.260. The van der Waals surface area contributed by atoms with Crippen LogP contribution in [-0.4, -0.2) is 17.3 Å². The SMILES string of the molecule is COc1ccc(O)cc1.Cc1ccc(O)cc1. The van der Waals surface area contributed by atoms with Gasteiger partial charge in [-0.15, -0.1) is 0 Å². The summed E-state index contributed by atoms with van der Waals surface area (Å²) in [6.45, 7) is 1.99. The third-order valence-electron chi connectivity index (χ3n) is 2.11. The molecule has 2 aromatic carbocycles. The Morgan fingerprint density at radius 1 is 0.765 bits per heavy atom. The summed E-state index contributed by atoms with van der Waals surface area (Å²) in [6.07, 6.45) is 0. The Bertz CT molecular complexity index is 411. The highest BCUT2D eigenvalue weighted by Crippen LogP contribution is 2.14. The van der Waals surface area contributed by atoms with Crippen LogP contribution in [0.5, 0.6) is 17.2 Å². The molecule has 0 bridgehead atoms. The fourth-order valence-corrected chi connectivity index (χ4v) is 1.13. The van der Waals surface area contributed by atoms with Gasteiger partial charge in [-0.1, -0.05) is 17.7 Å². The molecule has 0 aliphatic carbocycles. The largest absolute Gasteiger partial charge is 0.508 e. The van der Waals surface area contributed by atoms with E-state index in [4.69, 9.17) is 14.9 Å². The van der Waals surface area contributed by atoms with Crippen LogP contribution in [0, 0.1) is 6.92 Å². The summed E-state index contributed by atoms with van der Waals surface area (Å²) in [6, 6.07) is 13.7. The molecule has 0 aliphatic rings. The lowest BCUT2D eigenvalue weighted by atomic mass is 10.2. The number of hydrogen-bond donors (Lipinski definition) is 2. The molecular weight excluding hydrogens is 216 g/mol. The van der Waals surface area contributed by atoms with Crippen molar-refractivity contribution in [2.75, 3.05) is 7.11 Å². The molecule has 3 nitrogen and oxygen atoms in total. The van der Waals surface area contributed by atoms with Crippen LogP contribution in [0.4, 0.5) is 0 Å². The van der Waals surface area contributed by atoms with E-state index in [9.17, 15) is 0 Å². The first-order chi connectivity index (χ1) is 8.11. The van der Waals surface area contributed by atoms with E-state index >= 15 is 0 Å². The number of hydrogen-bond acceptors (Lipinski definition) is 3. The number of phenolic OH excluding ortho intramolecular Hbond substituents is 2. The van der Waals surface area contributed by atoms with Crippen LogP contribution in [0.25, 0.3) is 0 Å². The first kappa shape index (κ1) is 12.9. The van der Waals surface area contributed by atoms with E-state index in [1.54, 1.807) is 43.5 Å². The van der Waals surface area contributed by atoms with Gasteiger partial charge in [0, 0.05) is 0 Å². The lowest BCUT2D eigenvalue weighted by molar-refractivity contribution is 0.412. The predicted octanol–water partition coefficient (Wildman–Crippen LogP) is 3.10. The van der Waals surface area contributed by atoms with Gasteiger partial charge in [0.1, 0.15) is 17.2 Å². The van der Waals surface area contributed by atoms with Crippen molar-refractivity contribution < 1.29 is 14.9 Å². The van der Waals surface area contributed by atoms with Crippen LogP contribution in [0.15, 0.2) is 48.5 Å². The predicted molar refractivity (Wildman–Crippen MR) is 67.5 cm³/mol. The quantitative estimate of drug-likeness (QED) is 0.794. The molecule has 90 valence electrons. The molecule has 0 fully saturated rings. The number of aryl methyl sites for hydroxylation is 1. The summed E-state index contributed by atoms with van der Waals surface area (Å²) >= 11 is 0. The Morgan fingerprint density at radius 2 is 1.18 bits per heavy atom. The van der Waals surface area contributed by atoms with Crippen LogP contribution < -0.4 is 4.74 Å². The Morgan fingerprint density at radius 3 is 1.53 bits per heavy atom. The zero-order valence-corrected chi connectivity index (χ0v) is 9.92. The van der Waals surface area contributed by atoms with Crippen LogP contribution in [0.1, 0.15) is 5.56 Å².